The van der Waals surface area contributed by atoms with Gasteiger partial charge in [-0.05, 0) is 62.1 Å². The lowest BCUT2D eigenvalue weighted by Crippen LogP contribution is -2.51. The van der Waals surface area contributed by atoms with Crippen LogP contribution in [0.5, 0.6) is 0 Å². The Bertz CT molecular complexity index is 1360. The minimum Gasteiger partial charge on any atom is -0.346 e. The number of unbranched alkanes of at least 4 members (excludes halogenated alkanes) is 1. The quantitative estimate of drug-likeness (QED) is 0.129. The van der Waals surface area contributed by atoms with Crippen molar-refractivity contribution in [1.29, 1.82) is 0 Å². The third-order valence-corrected chi connectivity index (χ3v) is 8.15. The number of rotatable bonds is 21. The van der Waals surface area contributed by atoms with E-state index in [4.69, 9.17) is 11.5 Å². The summed E-state index contributed by atoms with van der Waals surface area (Å²) in [6.07, 6.45) is 3.01. The molecule has 0 aliphatic carbocycles. The van der Waals surface area contributed by atoms with Crippen molar-refractivity contribution in [1.82, 2.24) is 16.0 Å². The Morgan fingerprint density at radius 3 is 2.04 bits per heavy atom. The van der Waals surface area contributed by atoms with Gasteiger partial charge >= 0.3 is 0 Å². The number of nitrogens with one attached hydrogen (secondary N) is 3. The Balaban J connectivity index is 1.73. The van der Waals surface area contributed by atoms with Gasteiger partial charge in [0.15, 0.2) is 11.6 Å². The predicted octanol–water partition coefficient (Wildman–Crippen LogP) is 2.40. The van der Waals surface area contributed by atoms with Gasteiger partial charge in [0.1, 0.15) is 12.4 Å². The first-order chi connectivity index (χ1) is 22.5. The molecule has 0 radical (unpaired) electrons. The van der Waals surface area contributed by atoms with Gasteiger partial charge in [0.05, 0.1) is 18.1 Å². The minimum absolute atomic E-state index is 0.0514. The fourth-order valence-electron chi connectivity index (χ4n) is 5.63. The molecular formula is C36H50N6O5. The zero-order chi connectivity index (χ0) is 34.2. The monoisotopic (exact) mass is 646 g/mol. The molecule has 254 valence electrons. The van der Waals surface area contributed by atoms with Crippen LogP contribution in [0.3, 0.4) is 0 Å². The van der Waals surface area contributed by atoms with Crippen molar-refractivity contribution in [3.05, 3.63) is 71.8 Å². The summed E-state index contributed by atoms with van der Waals surface area (Å²) < 4.78 is 0. The summed E-state index contributed by atoms with van der Waals surface area (Å²) in [6.45, 7) is 4.45. The molecule has 7 N–H and O–H groups in total. The van der Waals surface area contributed by atoms with E-state index in [9.17, 15) is 24.0 Å². The van der Waals surface area contributed by atoms with Gasteiger partial charge in [0.2, 0.25) is 17.7 Å². The lowest BCUT2D eigenvalue weighted by Gasteiger charge is -2.25. The molecule has 11 nitrogen and oxygen atoms in total. The van der Waals surface area contributed by atoms with E-state index in [1.54, 1.807) is 0 Å². The molecule has 0 saturated heterocycles. The van der Waals surface area contributed by atoms with E-state index in [0.29, 0.717) is 44.5 Å². The summed E-state index contributed by atoms with van der Waals surface area (Å²) in [5.41, 5.74) is 13.7. The van der Waals surface area contributed by atoms with Crippen LogP contribution in [0.1, 0.15) is 69.9 Å². The number of Topliss-reactive ketones (excluding diaryl/α,β-unsaturated/α-hetero) is 2. The predicted molar refractivity (Wildman–Crippen MR) is 182 cm³/mol. The zero-order valence-corrected chi connectivity index (χ0v) is 27.6. The van der Waals surface area contributed by atoms with Crippen LogP contribution < -0.4 is 27.4 Å². The number of ketones is 2. The third kappa shape index (κ3) is 13.2. The molecule has 1 aliphatic rings. The Morgan fingerprint density at radius 1 is 0.851 bits per heavy atom. The first-order valence-electron chi connectivity index (χ1n) is 16.6. The molecule has 1 aliphatic heterocycles. The van der Waals surface area contributed by atoms with Gasteiger partial charge in [-0.25, -0.2) is 0 Å². The van der Waals surface area contributed by atoms with E-state index in [1.165, 1.54) is 0 Å². The summed E-state index contributed by atoms with van der Waals surface area (Å²) in [7, 11) is 0. The van der Waals surface area contributed by atoms with Crippen LogP contribution in [0.15, 0.2) is 65.7 Å². The van der Waals surface area contributed by atoms with Crippen LogP contribution in [0.2, 0.25) is 0 Å². The molecule has 11 heteroatoms. The summed E-state index contributed by atoms with van der Waals surface area (Å²) in [5.74, 6) is -1.63. The average Bonchev–Trinajstić information content (AvgIpc) is 3.47. The number of amidine groups is 1. The number of hydrogen-bond acceptors (Lipinski definition) is 8. The highest BCUT2D eigenvalue weighted by Gasteiger charge is 2.31. The Morgan fingerprint density at radius 2 is 1.47 bits per heavy atom. The number of amides is 3. The van der Waals surface area contributed by atoms with Gasteiger partial charge in [0, 0.05) is 25.2 Å². The van der Waals surface area contributed by atoms with Gasteiger partial charge in [0.25, 0.3) is 0 Å². The Kier molecular flexibility index (Phi) is 15.4. The normalized spacial score (nSPS) is 15.3. The van der Waals surface area contributed by atoms with E-state index in [1.807, 2.05) is 74.5 Å². The van der Waals surface area contributed by atoms with E-state index in [2.05, 4.69) is 20.9 Å². The van der Waals surface area contributed by atoms with Crippen LogP contribution in [0.4, 0.5) is 0 Å². The molecule has 0 aromatic heterocycles. The maximum atomic E-state index is 13.9. The van der Waals surface area contributed by atoms with Gasteiger partial charge in [-0.1, -0.05) is 74.5 Å². The molecule has 47 heavy (non-hydrogen) atoms. The number of hydrogen-bond donors (Lipinski definition) is 5. The van der Waals surface area contributed by atoms with E-state index in [0.717, 1.165) is 11.1 Å². The maximum Gasteiger partial charge on any atom is 0.246 e. The summed E-state index contributed by atoms with van der Waals surface area (Å²) in [5, 5.41) is 8.44. The third-order valence-electron chi connectivity index (χ3n) is 8.15. The van der Waals surface area contributed by atoms with Crippen molar-refractivity contribution < 1.29 is 24.0 Å². The molecule has 4 atom stereocenters. The summed E-state index contributed by atoms with van der Waals surface area (Å²) >= 11 is 0. The molecule has 1 heterocycles. The lowest BCUT2D eigenvalue weighted by molar-refractivity contribution is -0.134. The second-order valence-electron chi connectivity index (χ2n) is 12.7. The Hall–Kier alpha value is -4.22. The fourth-order valence-corrected chi connectivity index (χ4v) is 5.63. The van der Waals surface area contributed by atoms with Crippen molar-refractivity contribution in [2.75, 3.05) is 13.1 Å². The van der Waals surface area contributed by atoms with Gasteiger partial charge in [-0.2, -0.15) is 0 Å². The molecule has 2 aromatic carbocycles. The summed E-state index contributed by atoms with van der Waals surface area (Å²) in [6, 6.07) is 16.3. The Labute approximate surface area is 277 Å². The molecule has 0 spiro atoms. The molecular weight excluding hydrogens is 596 g/mol. The molecule has 0 unspecified atom stereocenters. The number of benzene rings is 2. The molecule has 0 saturated carbocycles. The van der Waals surface area contributed by atoms with E-state index < -0.39 is 30.0 Å². The molecule has 3 amide bonds. The SMILES string of the molecule is CC(C)C[C@@H](CC(=O)[C@@H](Cc1ccccc1)NC(=O)[C@H](N)Cc1ccccc1)C(=O)N[C@H](CCCCN)C(=O)CCC1=NCC(=O)N1. The van der Waals surface area contributed by atoms with Crippen LogP contribution in [-0.4, -0.2) is 66.3 Å². The van der Waals surface area contributed by atoms with Crippen LogP contribution in [0, 0.1) is 11.8 Å². The number of carbonyl (C=O) groups excluding carboxylic acids is 5. The minimum atomic E-state index is -0.890. The van der Waals surface area contributed by atoms with Crippen LogP contribution >= 0.6 is 0 Å². The highest BCUT2D eigenvalue weighted by molar-refractivity contribution is 6.05. The van der Waals surface area contributed by atoms with Gasteiger partial charge in [-0.3, -0.25) is 29.0 Å². The number of carbonyl (C=O) groups is 5. The highest BCUT2D eigenvalue weighted by Crippen LogP contribution is 2.20. The second kappa shape index (κ2) is 19.4. The second-order valence-corrected chi connectivity index (χ2v) is 12.7. The molecule has 0 bridgehead atoms. The van der Waals surface area contributed by atoms with Crippen molar-refractivity contribution in [2.45, 2.75) is 89.8 Å². The van der Waals surface area contributed by atoms with Crippen molar-refractivity contribution >= 4 is 35.1 Å². The number of nitrogens with zero attached hydrogens (tertiary/aromatic N) is 1. The average molecular weight is 647 g/mol. The smallest absolute Gasteiger partial charge is 0.246 e. The molecule has 3 rings (SSSR count). The summed E-state index contributed by atoms with van der Waals surface area (Å²) in [4.78, 5) is 69.7. The van der Waals surface area contributed by atoms with Crippen molar-refractivity contribution in [3.63, 3.8) is 0 Å². The van der Waals surface area contributed by atoms with E-state index in [-0.39, 0.29) is 61.5 Å². The largest absolute Gasteiger partial charge is 0.346 e. The van der Waals surface area contributed by atoms with Crippen LogP contribution in [-0.2, 0) is 36.8 Å². The lowest BCUT2D eigenvalue weighted by atomic mass is 9.87. The maximum absolute atomic E-state index is 13.9. The first-order valence-corrected chi connectivity index (χ1v) is 16.6. The molecule has 2 aromatic rings. The topological polar surface area (TPSA) is 186 Å². The number of nitrogens with two attached hydrogens (primary N) is 2. The zero-order valence-electron chi connectivity index (χ0n) is 27.6. The van der Waals surface area contributed by atoms with Gasteiger partial charge < -0.3 is 27.4 Å². The van der Waals surface area contributed by atoms with Crippen molar-refractivity contribution in [2.24, 2.45) is 28.3 Å². The van der Waals surface area contributed by atoms with Crippen molar-refractivity contribution in [3.8, 4) is 0 Å². The van der Waals surface area contributed by atoms with Gasteiger partial charge in [-0.15, -0.1) is 0 Å². The standard InChI is InChI=1S/C36H50N6O5/c1-24(2)19-27(35(46)40-29(15-9-10-18-37)31(43)16-17-33-39-23-34(45)42-33)22-32(44)30(21-26-13-7-4-8-14-26)41-36(47)28(38)20-25-11-5-3-6-12-25/h3-8,11-14,24,27-30H,9-10,15-23,37-38H2,1-2H3,(H,40,46)(H,41,47)(H,39,42,45)/t27-,28+,29+,30+/m0/s1. The van der Waals surface area contributed by atoms with Crippen LogP contribution in [0.25, 0.3) is 0 Å². The van der Waals surface area contributed by atoms with E-state index >= 15 is 0 Å². The number of aliphatic imine (C=N–C) groups is 1. The fraction of sp³-hybridized carbons (Fsp3) is 0.500. The molecule has 0 fully saturated rings. The first kappa shape index (κ1) is 37.2. The highest BCUT2D eigenvalue weighted by atomic mass is 16.2.